The molecule has 1 heterocycles. The summed E-state index contributed by atoms with van der Waals surface area (Å²) >= 11 is 1.75. The lowest BCUT2D eigenvalue weighted by Gasteiger charge is -2.41. The Morgan fingerprint density at radius 1 is 1.28 bits per heavy atom. The number of nitrogens with one attached hydrogen (secondary N) is 1. The van der Waals surface area contributed by atoms with Gasteiger partial charge < -0.3 is 15.0 Å². The lowest BCUT2D eigenvalue weighted by Crippen LogP contribution is -2.52. The van der Waals surface area contributed by atoms with Crippen LogP contribution in [-0.4, -0.2) is 28.0 Å². The highest BCUT2D eigenvalue weighted by atomic mass is 127. The summed E-state index contributed by atoms with van der Waals surface area (Å²) in [7, 11) is 0. The molecule has 1 N–H and O–H groups in total. The molecule has 1 aliphatic carbocycles. The van der Waals surface area contributed by atoms with E-state index in [9.17, 15) is 4.79 Å². The maximum Gasteiger partial charge on any atom is 0.281 e. The lowest BCUT2D eigenvalue weighted by molar-refractivity contribution is 0.0465. The van der Waals surface area contributed by atoms with Gasteiger partial charge in [0.15, 0.2) is 0 Å². The first-order chi connectivity index (χ1) is 12.0. The second-order valence-corrected chi connectivity index (χ2v) is 7.53. The minimum atomic E-state index is -0.0497. The molecule has 2 atom stereocenters. The van der Waals surface area contributed by atoms with Crippen molar-refractivity contribution in [3.8, 4) is 5.75 Å². The molecule has 1 aliphatic heterocycles. The SMILES string of the molecule is CC1C=CC=CC(N2CC(Oc3ccc(C(C)NC(=O)I)cc3)C2)=C1. The number of amides is 1. The molecule has 4 nitrogen and oxygen atoms in total. The van der Waals surface area contributed by atoms with Crippen LogP contribution in [0.5, 0.6) is 5.75 Å². The summed E-state index contributed by atoms with van der Waals surface area (Å²) in [5, 5.41) is 2.87. The first kappa shape index (κ1) is 18.0. The van der Waals surface area contributed by atoms with Crippen LogP contribution in [0.4, 0.5) is 4.79 Å². The number of allylic oxidation sites excluding steroid dienone is 5. The minimum absolute atomic E-state index is 0.00204. The average Bonchev–Trinajstić information content (AvgIpc) is 2.74. The summed E-state index contributed by atoms with van der Waals surface area (Å²) in [5.74, 6) is 1.34. The van der Waals surface area contributed by atoms with Crippen LogP contribution >= 0.6 is 22.6 Å². The van der Waals surface area contributed by atoms with Gasteiger partial charge in [0.05, 0.1) is 19.1 Å². The average molecular weight is 450 g/mol. The summed E-state index contributed by atoms with van der Waals surface area (Å²) in [5.41, 5.74) is 2.35. The molecule has 0 radical (unpaired) electrons. The zero-order valence-electron chi connectivity index (χ0n) is 14.5. The number of hydrogen-bond donors (Lipinski definition) is 1. The van der Waals surface area contributed by atoms with Gasteiger partial charge in [-0.15, -0.1) is 0 Å². The summed E-state index contributed by atoms with van der Waals surface area (Å²) < 4.78 is 6.00. The van der Waals surface area contributed by atoms with E-state index in [1.54, 1.807) is 22.6 Å². The summed E-state index contributed by atoms with van der Waals surface area (Å²) in [6.07, 6.45) is 11.1. The Balaban J connectivity index is 1.51. The van der Waals surface area contributed by atoms with Crippen molar-refractivity contribution in [2.45, 2.75) is 26.0 Å². The topological polar surface area (TPSA) is 41.6 Å². The van der Waals surface area contributed by atoms with Crippen molar-refractivity contribution in [2.75, 3.05) is 13.1 Å². The van der Waals surface area contributed by atoms with Crippen LogP contribution in [0.3, 0.4) is 0 Å². The maximum absolute atomic E-state index is 11.1. The van der Waals surface area contributed by atoms with Crippen LogP contribution in [0, 0.1) is 5.92 Å². The smallest absolute Gasteiger partial charge is 0.281 e. The van der Waals surface area contributed by atoms with Crippen LogP contribution in [-0.2, 0) is 0 Å². The molecule has 1 fully saturated rings. The number of ether oxygens (including phenoxy) is 1. The van der Waals surface area contributed by atoms with Crippen molar-refractivity contribution in [1.29, 1.82) is 0 Å². The van der Waals surface area contributed by atoms with Crippen LogP contribution in [0.1, 0.15) is 25.5 Å². The van der Waals surface area contributed by atoms with Crippen LogP contribution in [0.25, 0.3) is 0 Å². The summed E-state index contributed by atoms with van der Waals surface area (Å²) in [6, 6.07) is 7.97. The van der Waals surface area contributed by atoms with Crippen molar-refractivity contribution in [2.24, 2.45) is 5.92 Å². The number of halogens is 1. The molecule has 1 aromatic carbocycles. The summed E-state index contributed by atoms with van der Waals surface area (Å²) in [4.78, 5) is 13.5. The minimum Gasteiger partial charge on any atom is -0.487 e. The molecule has 1 aromatic rings. The highest BCUT2D eigenvalue weighted by molar-refractivity contribution is 14.1. The second-order valence-electron chi connectivity index (χ2n) is 6.55. The predicted octanol–water partition coefficient (Wildman–Crippen LogP) is 4.60. The first-order valence-corrected chi connectivity index (χ1v) is 9.63. The largest absolute Gasteiger partial charge is 0.487 e. The van der Waals surface area contributed by atoms with Crippen molar-refractivity contribution >= 4 is 26.5 Å². The highest BCUT2D eigenvalue weighted by Gasteiger charge is 2.29. The quantitative estimate of drug-likeness (QED) is 0.405. The standard InChI is InChI=1S/C20H23IN2O2/c1-14-5-3-4-6-17(11-14)23-12-19(13-23)25-18-9-7-16(8-10-18)15(2)22-20(21)24/h3-11,14-15,19H,12-13H2,1-2H3,(H,22,24). The number of carbonyl (C=O) groups is 1. The molecule has 0 saturated carbocycles. The van der Waals surface area contributed by atoms with Gasteiger partial charge in [-0.05, 0) is 36.6 Å². The molecule has 132 valence electrons. The molecular weight excluding hydrogens is 427 g/mol. The van der Waals surface area contributed by atoms with Gasteiger partial charge in [-0.2, -0.15) is 0 Å². The van der Waals surface area contributed by atoms with E-state index in [0.717, 1.165) is 24.4 Å². The predicted molar refractivity (Wildman–Crippen MR) is 109 cm³/mol. The third-order valence-electron chi connectivity index (χ3n) is 4.45. The number of nitrogens with zero attached hydrogens (tertiary/aromatic N) is 1. The Morgan fingerprint density at radius 2 is 2.00 bits per heavy atom. The zero-order valence-corrected chi connectivity index (χ0v) is 16.6. The van der Waals surface area contributed by atoms with Crippen LogP contribution in [0.15, 0.2) is 60.3 Å². The Morgan fingerprint density at radius 3 is 2.68 bits per heavy atom. The van der Waals surface area contributed by atoms with Gasteiger partial charge in [0.2, 0.25) is 0 Å². The first-order valence-electron chi connectivity index (χ1n) is 8.55. The van der Waals surface area contributed by atoms with Crippen molar-refractivity contribution in [1.82, 2.24) is 10.2 Å². The van der Waals surface area contributed by atoms with E-state index in [0.29, 0.717) is 5.92 Å². The van der Waals surface area contributed by atoms with Crippen LogP contribution in [0.2, 0.25) is 0 Å². The normalized spacial score (nSPS) is 21.2. The lowest BCUT2D eigenvalue weighted by atomic mass is 10.1. The van der Waals surface area contributed by atoms with E-state index < -0.39 is 0 Å². The van der Waals surface area contributed by atoms with Gasteiger partial charge in [0, 0.05) is 28.3 Å². The third-order valence-corrected chi connectivity index (χ3v) is 4.76. The number of likely N-dealkylation sites (tertiary alicyclic amines) is 1. The second kappa shape index (κ2) is 8.08. The Bertz CT molecular complexity index is 703. The Labute approximate surface area is 162 Å². The molecule has 25 heavy (non-hydrogen) atoms. The molecule has 0 spiro atoms. The van der Waals surface area contributed by atoms with Gasteiger partial charge in [0.25, 0.3) is 3.91 Å². The Kier molecular flexibility index (Phi) is 5.83. The van der Waals surface area contributed by atoms with Crippen molar-refractivity contribution < 1.29 is 9.53 Å². The van der Waals surface area contributed by atoms with E-state index in [2.05, 4.69) is 47.5 Å². The van der Waals surface area contributed by atoms with E-state index in [1.807, 2.05) is 31.2 Å². The van der Waals surface area contributed by atoms with E-state index in [4.69, 9.17) is 4.74 Å². The molecule has 5 heteroatoms. The maximum atomic E-state index is 11.1. The molecule has 3 rings (SSSR count). The highest BCUT2D eigenvalue weighted by Crippen LogP contribution is 2.25. The van der Waals surface area contributed by atoms with Gasteiger partial charge >= 0.3 is 0 Å². The summed E-state index contributed by atoms with van der Waals surface area (Å²) in [6.45, 7) is 5.98. The van der Waals surface area contributed by atoms with Gasteiger partial charge in [0.1, 0.15) is 11.9 Å². The fourth-order valence-electron chi connectivity index (χ4n) is 2.99. The van der Waals surface area contributed by atoms with Crippen molar-refractivity contribution in [3.63, 3.8) is 0 Å². The Hall–Kier alpha value is -1.76. The molecule has 2 aliphatic rings. The molecule has 0 bridgehead atoms. The van der Waals surface area contributed by atoms with Gasteiger partial charge in [-0.25, -0.2) is 0 Å². The number of hydrogen-bond acceptors (Lipinski definition) is 3. The monoisotopic (exact) mass is 450 g/mol. The number of rotatable bonds is 5. The number of benzene rings is 1. The van der Waals surface area contributed by atoms with Gasteiger partial charge in [-0.3, -0.25) is 4.79 Å². The molecule has 0 aromatic heterocycles. The third kappa shape index (κ3) is 4.87. The number of carbonyl (C=O) groups excluding carboxylic acids is 1. The van der Waals surface area contributed by atoms with E-state index in [-0.39, 0.29) is 16.1 Å². The van der Waals surface area contributed by atoms with E-state index in [1.165, 1.54) is 5.70 Å². The molecule has 1 amide bonds. The molecule has 2 unspecified atom stereocenters. The molecular formula is C20H23IN2O2. The van der Waals surface area contributed by atoms with Crippen LogP contribution < -0.4 is 10.1 Å². The fraction of sp³-hybridized carbons (Fsp3) is 0.350. The zero-order chi connectivity index (χ0) is 17.8. The molecule has 1 saturated heterocycles. The van der Waals surface area contributed by atoms with Crippen molar-refractivity contribution in [3.05, 3.63) is 65.9 Å². The fourth-order valence-corrected chi connectivity index (χ4v) is 3.46. The van der Waals surface area contributed by atoms with Gasteiger partial charge in [-0.1, -0.05) is 43.4 Å². The van der Waals surface area contributed by atoms with E-state index >= 15 is 0 Å².